The van der Waals surface area contributed by atoms with E-state index < -0.39 is 5.92 Å². The third kappa shape index (κ3) is 3.18. The van der Waals surface area contributed by atoms with Gasteiger partial charge < -0.3 is 9.73 Å². The number of dihydropyridines is 1. The van der Waals surface area contributed by atoms with Gasteiger partial charge in [-0.3, -0.25) is 4.79 Å². The van der Waals surface area contributed by atoms with Crippen molar-refractivity contribution in [1.82, 2.24) is 5.32 Å². The number of carbonyl (C=O) groups is 1. The molecule has 22 heavy (non-hydrogen) atoms. The number of hydrogen-bond acceptors (Lipinski definition) is 5. The lowest BCUT2D eigenvalue weighted by molar-refractivity contribution is -0.113. The van der Waals surface area contributed by atoms with Crippen LogP contribution in [0.3, 0.4) is 0 Å². The first kappa shape index (κ1) is 16.2. The minimum Gasteiger partial charge on any atom is -0.468 e. The van der Waals surface area contributed by atoms with Crippen LogP contribution in [0.15, 0.2) is 56.8 Å². The number of carbonyl (C=O) groups excluding carboxylic acids is 1. The number of furan rings is 1. The normalized spacial score (nSPS) is 18.5. The third-order valence-corrected chi connectivity index (χ3v) is 4.38. The van der Waals surface area contributed by atoms with Gasteiger partial charge in [0.2, 0.25) is 0 Å². The van der Waals surface area contributed by atoms with Crippen molar-refractivity contribution in [3.63, 3.8) is 0 Å². The summed E-state index contributed by atoms with van der Waals surface area (Å²) in [5.74, 6) is 0.882. The van der Waals surface area contributed by atoms with Crippen LogP contribution in [-0.2, 0) is 4.79 Å². The Kier molecular flexibility index (Phi) is 5.29. The molecule has 1 atom stereocenters. The van der Waals surface area contributed by atoms with Crippen LogP contribution in [0.25, 0.3) is 0 Å². The molecule has 0 amide bonds. The highest BCUT2D eigenvalue weighted by molar-refractivity contribution is 8.03. The molecular formula is C17H18N2O2S. The molecule has 0 aliphatic carbocycles. The zero-order chi connectivity index (χ0) is 16.1. The van der Waals surface area contributed by atoms with Crippen molar-refractivity contribution < 1.29 is 9.21 Å². The van der Waals surface area contributed by atoms with Crippen LogP contribution in [0.2, 0.25) is 0 Å². The van der Waals surface area contributed by atoms with Crippen LogP contribution in [-0.4, -0.2) is 11.5 Å². The minimum atomic E-state index is -0.438. The largest absolute Gasteiger partial charge is 0.468 e. The van der Waals surface area contributed by atoms with E-state index in [0.717, 1.165) is 16.5 Å². The predicted octanol–water partition coefficient (Wildman–Crippen LogP) is 3.87. The Morgan fingerprint density at radius 1 is 1.59 bits per heavy atom. The Hall–Kier alpha value is -2.19. The van der Waals surface area contributed by atoms with E-state index in [9.17, 15) is 10.1 Å². The first-order valence-electron chi connectivity index (χ1n) is 7.00. The molecule has 5 heteroatoms. The van der Waals surface area contributed by atoms with Crippen molar-refractivity contribution in [2.75, 3.05) is 5.75 Å². The van der Waals surface area contributed by atoms with Crippen molar-refractivity contribution >= 4 is 17.5 Å². The van der Waals surface area contributed by atoms with Crippen LogP contribution in [0.4, 0.5) is 0 Å². The Morgan fingerprint density at radius 2 is 2.36 bits per heavy atom. The fourth-order valence-corrected chi connectivity index (χ4v) is 3.46. The van der Waals surface area contributed by atoms with Crippen LogP contribution < -0.4 is 5.32 Å². The summed E-state index contributed by atoms with van der Waals surface area (Å²) in [6.07, 6.45) is 5.55. The van der Waals surface area contributed by atoms with E-state index in [1.807, 2.05) is 26.0 Å². The lowest BCUT2D eigenvalue weighted by Gasteiger charge is -2.27. The van der Waals surface area contributed by atoms with Gasteiger partial charge in [-0.1, -0.05) is 12.2 Å². The monoisotopic (exact) mass is 314 g/mol. The minimum absolute atomic E-state index is 0.0587. The second-order valence-electron chi connectivity index (χ2n) is 4.90. The molecule has 4 nitrogen and oxygen atoms in total. The van der Waals surface area contributed by atoms with Crippen LogP contribution in [0.5, 0.6) is 0 Å². The summed E-state index contributed by atoms with van der Waals surface area (Å²) in [5.41, 5.74) is 1.89. The first-order chi connectivity index (χ1) is 10.6. The second-order valence-corrected chi connectivity index (χ2v) is 5.93. The van der Waals surface area contributed by atoms with E-state index in [2.05, 4.69) is 11.4 Å². The molecule has 0 bridgehead atoms. The SMILES string of the molecule is C/C=C/CSC1=C(C#N)C(c2ccco2)C(C(C)=O)=C(C)N1. The molecule has 1 aromatic rings. The zero-order valence-electron chi connectivity index (χ0n) is 12.8. The number of hydrogen-bond donors (Lipinski definition) is 1. The predicted molar refractivity (Wildman–Crippen MR) is 87.9 cm³/mol. The molecule has 2 heterocycles. The van der Waals surface area contributed by atoms with Crippen LogP contribution >= 0.6 is 11.8 Å². The molecule has 0 radical (unpaired) electrons. The fourth-order valence-electron chi connectivity index (χ4n) is 2.46. The second kappa shape index (κ2) is 7.19. The summed E-state index contributed by atoms with van der Waals surface area (Å²) in [5, 5.41) is 13.6. The molecule has 1 aromatic heterocycles. The molecule has 1 unspecified atom stereocenters. The number of allylic oxidation sites excluding steroid dienone is 4. The average Bonchev–Trinajstić information content (AvgIpc) is 3.00. The molecule has 0 saturated carbocycles. The van der Waals surface area contributed by atoms with E-state index in [4.69, 9.17) is 4.42 Å². The Labute approximate surface area is 134 Å². The number of nitrogens with one attached hydrogen (secondary N) is 1. The number of Topliss-reactive ketones (excluding diaryl/α,β-unsaturated/α-hetero) is 1. The van der Waals surface area contributed by atoms with Crippen molar-refractivity contribution in [2.45, 2.75) is 26.7 Å². The highest BCUT2D eigenvalue weighted by Crippen LogP contribution is 2.40. The van der Waals surface area contributed by atoms with Crippen molar-refractivity contribution in [2.24, 2.45) is 0 Å². The smallest absolute Gasteiger partial charge is 0.158 e. The van der Waals surface area contributed by atoms with Gasteiger partial charge in [0.1, 0.15) is 5.76 Å². The third-order valence-electron chi connectivity index (χ3n) is 3.41. The van der Waals surface area contributed by atoms with E-state index in [1.54, 1.807) is 30.2 Å². The summed E-state index contributed by atoms with van der Waals surface area (Å²) >= 11 is 1.55. The van der Waals surface area contributed by atoms with Gasteiger partial charge in [-0.25, -0.2) is 0 Å². The van der Waals surface area contributed by atoms with E-state index in [0.29, 0.717) is 16.9 Å². The molecule has 1 N–H and O–H groups in total. The first-order valence-corrected chi connectivity index (χ1v) is 7.99. The summed E-state index contributed by atoms with van der Waals surface area (Å²) in [7, 11) is 0. The quantitative estimate of drug-likeness (QED) is 0.836. The summed E-state index contributed by atoms with van der Waals surface area (Å²) in [6.45, 7) is 5.33. The van der Waals surface area contributed by atoms with Gasteiger partial charge >= 0.3 is 0 Å². The van der Waals surface area contributed by atoms with Gasteiger partial charge in [-0.15, -0.1) is 11.8 Å². The molecule has 0 saturated heterocycles. The fraction of sp³-hybridized carbons (Fsp3) is 0.294. The van der Waals surface area contributed by atoms with Gasteiger partial charge in [0.05, 0.1) is 28.9 Å². The Balaban J connectivity index is 2.50. The van der Waals surface area contributed by atoms with Crippen molar-refractivity contribution in [1.29, 1.82) is 5.26 Å². The number of nitrogens with zero attached hydrogens (tertiary/aromatic N) is 1. The molecule has 2 rings (SSSR count). The highest BCUT2D eigenvalue weighted by Gasteiger charge is 2.34. The summed E-state index contributed by atoms with van der Waals surface area (Å²) in [4.78, 5) is 12.1. The van der Waals surface area contributed by atoms with Crippen LogP contribution in [0.1, 0.15) is 32.4 Å². The number of nitriles is 1. The Bertz CT molecular complexity index is 691. The lowest BCUT2D eigenvalue weighted by atomic mass is 9.84. The highest BCUT2D eigenvalue weighted by atomic mass is 32.2. The zero-order valence-corrected chi connectivity index (χ0v) is 13.7. The van der Waals surface area contributed by atoms with Gasteiger partial charge in [0, 0.05) is 17.0 Å². The number of thioether (sulfide) groups is 1. The molecule has 0 fully saturated rings. The molecule has 114 valence electrons. The summed E-state index contributed by atoms with van der Waals surface area (Å²) in [6, 6.07) is 5.82. The van der Waals surface area contributed by atoms with E-state index in [1.165, 1.54) is 6.92 Å². The maximum absolute atomic E-state index is 12.1. The van der Waals surface area contributed by atoms with Gasteiger partial charge in [0.15, 0.2) is 5.78 Å². The summed E-state index contributed by atoms with van der Waals surface area (Å²) < 4.78 is 5.49. The molecule has 0 aromatic carbocycles. The lowest BCUT2D eigenvalue weighted by Crippen LogP contribution is -2.26. The maximum atomic E-state index is 12.1. The molecule has 0 spiro atoms. The maximum Gasteiger partial charge on any atom is 0.158 e. The Morgan fingerprint density at radius 3 is 2.91 bits per heavy atom. The molecule has 1 aliphatic rings. The van der Waals surface area contributed by atoms with Crippen LogP contribution in [0, 0.1) is 11.3 Å². The van der Waals surface area contributed by atoms with E-state index in [-0.39, 0.29) is 5.78 Å². The van der Waals surface area contributed by atoms with Gasteiger partial charge in [-0.05, 0) is 32.9 Å². The molecular weight excluding hydrogens is 296 g/mol. The number of rotatable bonds is 5. The van der Waals surface area contributed by atoms with Crippen molar-refractivity contribution in [3.8, 4) is 6.07 Å². The standard InChI is InChI=1S/C17H18N2O2S/c1-4-5-9-22-17-13(10-18)16(14-7-6-8-21-14)15(12(3)20)11(2)19-17/h4-8,16,19H,9H2,1-3H3/b5-4+. The van der Waals surface area contributed by atoms with E-state index >= 15 is 0 Å². The topological polar surface area (TPSA) is 66.0 Å². The molecule has 1 aliphatic heterocycles. The number of ketones is 1. The van der Waals surface area contributed by atoms with Gasteiger partial charge in [0.25, 0.3) is 0 Å². The van der Waals surface area contributed by atoms with Gasteiger partial charge in [-0.2, -0.15) is 5.26 Å². The average molecular weight is 314 g/mol. The van der Waals surface area contributed by atoms with Crippen molar-refractivity contribution in [3.05, 3.63) is 58.2 Å².